The maximum atomic E-state index is 11.4. The Morgan fingerprint density at radius 2 is 2.10 bits per heavy atom. The van der Waals surface area contributed by atoms with Gasteiger partial charge in [-0.25, -0.2) is 4.99 Å². The molecule has 1 aliphatic carbocycles. The molecule has 1 saturated carbocycles. The number of nitrogens with one attached hydrogen (secondary N) is 1. The van der Waals surface area contributed by atoms with Crippen LogP contribution in [0.1, 0.15) is 33.1 Å². The lowest BCUT2D eigenvalue weighted by molar-refractivity contribution is -0.141. The molecule has 2 unspecified atom stereocenters. The van der Waals surface area contributed by atoms with Gasteiger partial charge in [-0.05, 0) is 19.3 Å². The van der Waals surface area contributed by atoms with Crippen molar-refractivity contribution in [1.29, 1.82) is 0 Å². The smallest absolute Gasteiger partial charge is 0.306 e. The van der Waals surface area contributed by atoms with Gasteiger partial charge in [0, 0.05) is 12.8 Å². The van der Waals surface area contributed by atoms with Gasteiger partial charge in [0.1, 0.15) is 0 Å². The zero-order valence-corrected chi connectivity index (χ0v) is 12.5. The van der Waals surface area contributed by atoms with Crippen molar-refractivity contribution < 1.29 is 14.7 Å². The van der Waals surface area contributed by atoms with Gasteiger partial charge in [0.15, 0.2) is 5.96 Å². The van der Waals surface area contributed by atoms with Crippen molar-refractivity contribution in [2.24, 2.45) is 28.3 Å². The molecular formula is C14H24N4O3. The number of nitrogens with zero attached hydrogens (tertiary/aromatic N) is 1. The summed E-state index contributed by atoms with van der Waals surface area (Å²) < 4.78 is 0. The first-order chi connectivity index (χ1) is 9.85. The van der Waals surface area contributed by atoms with E-state index < -0.39 is 11.9 Å². The lowest BCUT2D eigenvalue weighted by Crippen LogP contribution is -2.41. The molecule has 0 aliphatic heterocycles. The van der Waals surface area contributed by atoms with Crippen molar-refractivity contribution >= 4 is 17.8 Å². The highest BCUT2D eigenvalue weighted by Gasteiger charge is 2.41. The van der Waals surface area contributed by atoms with E-state index in [-0.39, 0.29) is 29.9 Å². The summed E-state index contributed by atoms with van der Waals surface area (Å²) in [4.78, 5) is 26.7. The summed E-state index contributed by atoms with van der Waals surface area (Å²) in [6.07, 6.45) is 5.49. The number of hydrogen-bond acceptors (Lipinski definition) is 3. The number of carboxylic acids is 1. The molecule has 1 fully saturated rings. The molecule has 0 saturated heterocycles. The molecule has 0 aromatic rings. The van der Waals surface area contributed by atoms with Gasteiger partial charge in [-0.2, -0.15) is 0 Å². The molecule has 1 aliphatic rings. The van der Waals surface area contributed by atoms with Gasteiger partial charge in [0.2, 0.25) is 5.91 Å². The summed E-state index contributed by atoms with van der Waals surface area (Å²) in [6.45, 7) is 3.43. The highest BCUT2D eigenvalue weighted by Crippen LogP contribution is 2.36. The predicted octanol–water partition coefficient (Wildman–Crippen LogP) is 0.210. The van der Waals surface area contributed by atoms with Crippen LogP contribution in [0.2, 0.25) is 0 Å². The molecule has 4 atom stereocenters. The Bertz CT molecular complexity index is 444. The zero-order chi connectivity index (χ0) is 16.0. The third-order valence-electron chi connectivity index (χ3n) is 3.65. The quantitative estimate of drug-likeness (QED) is 0.316. The number of carboxylic acid groups (broad SMARTS) is 1. The average molecular weight is 296 g/mol. The Morgan fingerprint density at radius 1 is 1.43 bits per heavy atom. The second kappa shape index (κ2) is 7.66. The molecule has 0 aromatic heterocycles. The highest BCUT2D eigenvalue weighted by atomic mass is 16.4. The summed E-state index contributed by atoms with van der Waals surface area (Å²) >= 11 is 0. The second-order valence-corrected chi connectivity index (χ2v) is 5.35. The number of nitrogens with two attached hydrogens (primary N) is 2. The van der Waals surface area contributed by atoms with Gasteiger partial charge in [-0.3, -0.25) is 9.59 Å². The highest BCUT2D eigenvalue weighted by molar-refractivity contribution is 5.76. The van der Waals surface area contributed by atoms with Crippen molar-refractivity contribution in [3.8, 4) is 0 Å². The minimum atomic E-state index is -0.852. The van der Waals surface area contributed by atoms with E-state index in [1.165, 1.54) is 6.92 Å². The first-order valence-electron chi connectivity index (χ1n) is 7.10. The molecule has 6 N–H and O–H groups in total. The van der Waals surface area contributed by atoms with Gasteiger partial charge in [0.05, 0.1) is 18.0 Å². The van der Waals surface area contributed by atoms with Crippen LogP contribution in [-0.4, -0.2) is 35.0 Å². The Morgan fingerprint density at radius 3 is 2.57 bits per heavy atom. The van der Waals surface area contributed by atoms with Crippen LogP contribution in [0.15, 0.2) is 17.1 Å². The van der Waals surface area contributed by atoms with E-state index in [0.717, 1.165) is 6.42 Å². The minimum Gasteiger partial charge on any atom is -0.481 e. The first-order valence-corrected chi connectivity index (χ1v) is 7.10. The van der Waals surface area contributed by atoms with Crippen LogP contribution in [0.5, 0.6) is 0 Å². The second-order valence-electron chi connectivity index (χ2n) is 5.35. The van der Waals surface area contributed by atoms with Crippen LogP contribution in [0.25, 0.3) is 0 Å². The summed E-state index contributed by atoms with van der Waals surface area (Å²) in [5.74, 6) is -1.69. The molecule has 0 aromatic carbocycles. The average Bonchev–Trinajstić information content (AvgIpc) is 2.77. The number of carbonyl (C=O) groups excluding carboxylic acids is 1. The summed E-state index contributed by atoms with van der Waals surface area (Å²) in [5, 5.41) is 12.1. The van der Waals surface area contributed by atoms with E-state index in [2.05, 4.69) is 10.3 Å². The van der Waals surface area contributed by atoms with Crippen LogP contribution in [0.3, 0.4) is 0 Å². The van der Waals surface area contributed by atoms with Crippen molar-refractivity contribution in [3.05, 3.63) is 12.2 Å². The number of amides is 1. The third kappa shape index (κ3) is 5.09. The lowest BCUT2D eigenvalue weighted by Gasteiger charge is -2.25. The van der Waals surface area contributed by atoms with Gasteiger partial charge in [-0.15, -0.1) is 0 Å². The van der Waals surface area contributed by atoms with Gasteiger partial charge < -0.3 is 21.9 Å². The largest absolute Gasteiger partial charge is 0.481 e. The number of aliphatic imine (C=N–C) groups is 1. The summed E-state index contributed by atoms with van der Waals surface area (Å²) in [5.41, 5.74) is 10.9. The lowest BCUT2D eigenvalue weighted by atomic mass is 9.93. The number of carbonyl (C=O) groups is 2. The molecular weight excluding hydrogens is 272 g/mol. The van der Waals surface area contributed by atoms with E-state index >= 15 is 0 Å². The van der Waals surface area contributed by atoms with E-state index in [0.29, 0.717) is 12.8 Å². The fourth-order valence-electron chi connectivity index (χ4n) is 2.79. The number of guanidine groups is 1. The molecule has 1 amide bonds. The minimum absolute atomic E-state index is 0.0583. The fourth-order valence-corrected chi connectivity index (χ4v) is 2.79. The molecule has 0 radical (unpaired) electrons. The van der Waals surface area contributed by atoms with Crippen LogP contribution in [0, 0.1) is 11.8 Å². The number of hydrogen-bond donors (Lipinski definition) is 4. The molecule has 21 heavy (non-hydrogen) atoms. The first kappa shape index (κ1) is 17.0. The summed E-state index contributed by atoms with van der Waals surface area (Å²) in [7, 11) is 0. The zero-order valence-electron chi connectivity index (χ0n) is 12.5. The predicted molar refractivity (Wildman–Crippen MR) is 80.5 cm³/mol. The molecule has 7 nitrogen and oxygen atoms in total. The van der Waals surface area contributed by atoms with Crippen LogP contribution >= 0.6 is 0 Å². The van der Waals surface area contributed by atoms with Gasteiger partial charge >= 0.3 is 5.97 Å². The topological polar surface area (TPSA) is 131 Å². The van der Waals surface area contributed by atoms with E-state index in [9.17, 15) is 14.7 Å². The van der Waals surface area contributed by atoms with Gasteiger partial charge in [0.25, 0.3) is 0 Å². The Balaban J connectivity index is 2.99. The van der Waals surface area contributed by atoms with Crippen LogP contribution in [0.4, 0.5) is 0 Å². The number of rotatable bonds is 6. The Hall–Kier alpha value is -2.05. The maximum Gasteiger partial charge on any atom is 0.306 e. The molecule has 0 heterocycles. The molecule has 1 rings (SSSR count). The van der Waals surface area contributed by atoms with Crippen LogP contribution < -0.4 is 16.8 Å². The Labute approximate surface area is 124 Å². The normalized spacial score (nSPS) is 26.5. The molecule has 0 bridgehead atoms. The maximum absolute atomic E-state index is 11.4. The summed E-state index contributed by atoms with van der Waals surface area (Å²) in [6, 6.07) is -0.561. The molecule has 7 heteroatoms. The van der Waals surface area contributed by atoms with E-state index in [1.54, 1.807) is 0 Å². The van der Waals surface area contributed by atoms with Gasteiger partial charge in [-0.1, -0.05) is 19.1 Å². The molecule has 0 spiro atoms. The fraction of sp³-hybridized carbons (Fsp3) is 0.643. The van der Waals surface area contributed by atoms with Crippen molar-refractivity contribution in [2.45, 2.75) is 45.2 Å². The molecule has 118 valence electrons. The SMILES string of the molecule is CC/C=C/C(NC(C)=O)[C@H]1CC(C(=O)O)C[C@@H]1N=C(N)N. The third-order valence-corrected chi connectivity index (χ3v) is 3.65. The van der Waals surface area contributed by atoms with Crippen molar-refractivity contribution in [3.63, 3.8) is 0 Å². The van der Waals surface area contributed by atoms with Crippen molar-refractivity contribution in [2.75, 3.05) is 0 Å². The van der Waals surface area contributed by atoms with Crippen molar-refractivity contribution in [1.82, 2.24) is 5.32 Å². The number of aliphatic carboxylic acids is 1. The number of allylic oxidation sites excluding steroid dienone is 1. The standard InChI is InChI=1S/C14H24N4O3/c1-3-4-5-11(17-8(2)19)10-6-9(13(20)21)7-12(10)18-14(15)16/h4-5,9-12H,3,6-7H2,1-2H3,(H,17,19)(H,20,21)(H4,15,16,18)/b5-4+/t9?,10-,11?,12+/m1/s1. The monoisotopic (exact) mass is 296 g/mol. The van der Waals surface area contributed by atoms with E-state index in [4.69, 9.17) is 11.5 Å². The van der Waals surface area contributed by atoms with E-state index in [1.807, 2.05) is 19.1 Å². The Kier molecular flexibility index (Phi) is 6.20. The van der Waals surface area contributed by atoms with Crippen LogP contribution in [-0.2, 0) is 9.59 Å².